The van der Waals surface area contributed by atoms with Gasteiger partial charge in [0.1, 0.15) is 10.7 Å². The molecule has 0 atom stereocenters. The predicted molar refractivity (Wildman–Crippen MR) is 129 cm³/mol. The maximum Gasteiger partial charge on any atom is 0.144 e. The van der Waals surface area contributed by atoms with Gasteiger partial charge in [-0.3, -0.25) is 0 Å². The third kappa shape index (κ3) is 4.02. The molecule has 0 amide bonds. The van der Waals surface area contributed by atoms with E-state index in [-0.39, 0.29) is 5.41 Å². The van der Waals surface area contributed by atoms with Crippen LogP contribution in [0.15, 0.2) is 48.7 Å². The van der Waals surface area contributed by atoms with Crippen molar-refractivity contribution in [2.45, 2.75) is 33.1 Å². The highest BCUT2D eigenvalue weighted by Gasteiger charge is 2.24. The fourth-order valence-electron chi connectivity index (χ4n) is 3.20. The molecule has 0 aliphatic rings. The Bertz CT molecular complexity index is 1220. The minimum absolute atomic E-state index is 0.0326. The molecule has 0 saturated heterocycles. The number of aromatic nitrogens is 3. The molecule has 0 spiro atoms. The minimum Gasteiger partial charge on any atom is -0.242 e. The van der Waals surface area contributed by atoms with Crippen LogP contribution in [0.5, 0.6) is 0 Å². The minimum atomic E-state index is 0.0326. The average molecular weight is 477 g/mol. The van der Waals surface area contributed by atoms with Crippen molar-refractivity contribution < 1.29 is 0 Å². The lowest BCUT2D eigenvalue weighted by atomic mass is 9.96. The van der Waals surface area contributed by atoms with Crippen LogP contribution in [0, 0.1) is 6.92 Å². The number of hydrogen-bond acceptors (Lipinski definition) is 3. The molecule has 4 rings (SSSR count). The summed E-state index contributed by atoms with van der Waals surface area (Å²) in [6.45, 7) is 8.61. The summed E-state index contributed by atoms with van der Waals surface area (Å²) in [5.74, 6) is 0. The SMILES string of the molecule is Cc1c(-c2ncc(C(C)(C)C)s2)nn(-c2ccc(Cl)cc2Cl)c1-c1ccc(Cl)cc1. The Labute approximate surface area is 195 Å². The molecule has 0 bridgehead atoms. The van der Waals surface area contributed by atoms with Crippen molar-refractivity contribution >= 4 is 46.1 Å². The van der Waals surface area contributed by atoms with E-state index in [0.29, 0.717) is 15.1 Å². The quantitative estimate of drug-likeness (QED) is 0.298. The van der Waals surface area contributed by atoms with Gasteiger partial charge < -0.3 is 0 Å². The molecule has 0 radical (unpaired) electrons. The van der Waals surface area contributed by atoms with Crippen LogP contribution in [-0.2, 0) is 5.41 Å². The Morgan fingerprint density at radius 2 is 1.60 bits per heavy atom. The Balaban J connectivity index is 1.95. The van der Waals surface area contributed by atoms with Gasteiger partial charge in [-0.1, -0.05) is 67.7 Å². The summed E-state index contributed by atoms with van der Waals surface area (Å²) < 4.78 is 1.87. The molecule has 2 aromatic carbocycles. The highest BCUT2D eigenvalue weighted by atomic mass is 35.5. The Kier molecular flexibility index (Phi) is 5.71. The van der Waals surface area contributed by atoms with Gasteiger partial charge in [-0.05, 0) is 42.7 Å². The van der Waals surface area contributed by atoms with Gasteiger partial charge in [0.05, 0.1) is 16.4 Å². The first kappa shape index (κ1) is 21.4. The molecule has 0 saturated carbocycles. The predicted octanol–water partition coefficient (Wildman–Crippen LogP) is 8.23. The van der Waals surface area contributed by atoms with E-state index >= 15 is 0 Å². The zero-order chi connectivity index (χ0) is 21.6. The molecule has 3 nitrogen and oxygen atoms in total. The summed E-state index contributed by atoms with van der Waals surface area (Å²) in [6, 6.07) is 13.1. The molecule has 7 heteroatoms. The topological polar surface area (TPSA) is 30.7 Å². The van der Waals surface area contributed by atoms with E-state index in [1.165, 1.54) is 4.88 Å². The van der Waals surface area contributed by atoms with Crippen LogP contribution >= 0.6 is 46.1 Å². The molecule has 0 N–H and O–H groups in total. The number of benzene rings is 2. The summed E-state index contributed by atoms with van der Waals surface area (Å²) >= 11 is 20.4. The lowest BCUT2D eigenvalue weighted by molar-refractivity contribution is 0.602. The molecule has 0 aliphatic heterocycles. The lowest BCUT2D eigenvalue weighted by Crippen LogP contribution is -2.07. The van der Waals surface area contributed by atoms with E-state index in [4.69, 9.17) is 39.9 Å². The van der Waals surface area contributed by atoms with E-state index in [0.717, 1.165) is 33.2 Å². The molecule has 2 heterocycles. The van der Waals surface area contributed by atoms with Crippen LogP contribution < -0.4 is 0 Å². The largest absolute Gasteiger partial charge is 0.242 e. The molecular formula is C23H20Cl3N3S. The first-order chi connectivity index (χ1) is 14.1. The van der Waals surface area contributed by atoms with Gasteiger partial charge >= 0.3 is 0 Å². The molecule has 0 fully saturated rings. The summed E-state index contributed by atoms with van der Waals surface area (Å²) in [7, 11) is 0. The fraction of sp³-hybridized carbons (Fsp3) is 0.217. The van der Waals surface area contributed by atoms with E-state index < -0.39 is 0 Å². The van der Waals surface area contributed by atoms with Gasteiger partial charge in [-0.25, -0.2) is 9.67 Å². The van der Waals surface area contributed by atoms with Gasteiger partial charge in [0, 0.05) is 32.2 Å². The number of thiazole rings is 1. The normalized spacial score (nSPS) is 11.8. The first-order valence-corrected chi connectivity index (χ1v) is 11.4. The van der Waals surface area contributed by atoms with Crippen LogP contribution in [0.1, 0.15) is 31.2 Å². The second-order valence-electron chi connectivity index (χ2n) is 8.12. The van der Waals surface area contributed by atoms with Gasteiger partial charge in [0.25, 0.3) is 0 Å². The number of hydrogen-bond donors (Lipinski definition) is 0. The fourth-order valence-corrected chi connectivity index (χ4v) is 4.83. The summed E-state index contributed by atoms with van der Waals surface area (Å²) in [6.07, 6.45) is 1.94. The third-order valence-corrected chi connectivity index (χ3v) is 7.04. The third-order valence-electron chi connectivity index (χ3n) is 4.83. The van der Waals surface area contributed by atoms with E-state index in [1.54, 1.807) is 17.4 Å². The van der Waals surface area contributed by atoms with Crippen LogP contribution in [-0.4, -0.2) is 14.8 Å². The average Bonchev–Trinajstić information content (AvgIpc) is 3.28. The monoisotopic (exact) mass is 475 g/mol. The van der Waals surface area contributed by atoms with Crippen molar-refractivity contribution in [3.63, 3.8) is 0 Å². The van der Waals surface area contributed by atoms with Crippen molar-refractivity contribution in [1.29, 1.82) is 0 Å². The molecule has 30 heavy (non-hydrogen) atoms. The molecule has 0 aliphatic carbocycles. The Morgan fingerprint density at radius 3 is 2.20 bits per heavy atom. The Morgan fingerprint density at radius 1 is 0.933 bits per heavy atom. The summed E-state index contributed by atoms with van der Waals surface area (Å²) in [5.41, 5.74) is 4.59. The highest BCUT2D eigenvalue weighted by molar-refractivity contribution is 7.15. The smallest absolute Gasteiger partial charge is 0.144 e. The number of rotatable bonds is 3. The molecule has 0 unspecified atom stereocenters. The molecular weight excluding hydrogens is 457 g/mol. The van der Waals surface area contributed by atoms with Gasteiger partial charge in [-0.2, -0.15) is 5.10 Å². The summed E-state index contributed by atoms with van der Waals surface area (Å²) in [4.78, 5) is 5.89. The van der Waals surface area contributed by atoms with Crippen molar-refractivity contribution in [2.75, 3.05) is 0 Å². The zero-order valence-corrected chi connectivity index (χ0v) is 20.1. The van der Waals surface area contributed by atoms with Crippen molar-refractivity contribution in [2.24, 2.45) is 0 Å². The van der Waals surface area contributed by atoms with Crippen molar-refractivity contribution in [3.05, 3.63) is 74.2 Å². The second-order valence-corrected chi connectivity index (χ2v) is 10.4. The highest BCUT2D eigenvalue weighted by Crippen LogP contribution is 2.39. The van der Waals surface area contributed by atoms with Crippen molar-refractivity contribution in [1.82, 2.24) is 14.8 Å². The Hall–Kier alpha value is -1.85. The van der Waals surface area contributed by atoms with Gasteiger partial charge in [-0.15, -0.1) is 11.3 Å². The van der Waals surface area contributed by atoms with E-state index in [2.05, 4.69) is 32.7 Å². The molecule has 4 aromatic rings. The van der Waals surface area contributed by atoms with Crippen LogP contribution in [0.3, 0.4) is 0 Å². The maximum atomic E-state index is 6.54. The zero-order valence-electron chi connectivity index (χ0n) is 17.0. The summed E-state index contributed by atoms with van der Waals surface area (Å²) in [5, 5.41) is 7.62. The van der Waals surface area contributed by atoms with E-state index in [1.807, 2.05) is 47.3 Å². The maximum absolute atomic E-state index is 6.54. The van der Waals surface area contributed by atoms with Crippen LogP contribution in [0.4, 0.5) is 0 Å². The second kappa shape index (κ2) is 8.01. The van der Waals surface area contributed by atoms with Crippen LogP contribution in [0.25, 0.3) is 27.6 Å². The molecule has 2 aromatic heterocycles. The van der Waals surface area contributed by atoms with Crippen LogP contribution in [0.2, 0.25) is 15.1 Å². The number of nitrogens with zero attached hydrogens (tertiary/aromatic N) is 3. The molecule has 154 valence electrons. The first-order valence-electron chi connectivity index (χ1n) is 9.43. The number of halogens is 3. The standard InChI is InChI=1S/C23H20Cl3N3S/c1-13-20(22-27-12-19(30-22)23(2,3)4)28-29(18-10-9-16(25)11-17(18)26)21(13)14-5-7-15(24)8-6-14/h5-12H,1-4H3. The van der Waals surface area contributed by atoms with Crippen molar-refractivity contribution in [3.8, 4) is 27.6 Å². The lowest BCUT2D eigenvalue weighted by Gasteiger charge is -2.14. The van der Waals surface area contributed by atoms with E-state index in [9.17, 15) is 0 Å². The van der Waals surface area contributed by atoms with Gasteiger partial charge in [0.15, 0.2) is 0 Å². The van der Waals surface area contributed by atoms with Gasteiger partial charge in [0.2, 0.25) is 0 Å².